The average molecular weight is 313 g/mol. The van der Waals surface area contributed by atoms with Crippen LogP contribution < -0.4 is 5.32 Å². The van der Waals surface area contributed by atoms with Gasteiger partial charge in [-0.2, -0.15) is 0 Å². The van der Waals surface area contributed by atoms with Gasteiger partial charge in [-0.3, -0.25) is 0 Å². The molecule has 0 saturated carbocycles. The first kappa shape index (κ1) is 14.1. The van der Waals surface area contributed by atoms with Gasteiger partial charge in [0.15, 0.2) is 0 Å². The Morgan fingerprint density at radius 1 is 1.00 bits per heavy atom. The van der Waals surface area contributed by atoms with E-state index in [1.807, 2.05) is 6.07 Å². The maximum absolute atomic E-state index is 6.30. The predicted octanol–water partition coefficient (Wildman–Crippen LogP) is 4.87. The molecule has 2 aliphatic heterocycles. The molecule has 0 unspecified atom stereocenters. The van der Waals surface area contributed by atoms with Gasteiger partial charge in [-0.05, 0) is 74.3 Å². The van der Waals surface area contributed by atoms with Gasteiger partial charge in [0, 0.05) is 22.3 Å². The molecule has 2 aromatic carbocycles. The smallest absolute Gasteiger partial charge is 0.0424 e. The van der Waals surface area contributed by atoms with Crippen LogP contribution in [0.3, 0.4) is 0 Å². The third-order valence-electron chi connectivity index (χ3n) is 5.15. The van der Waals surface area contributed by atoms with Gasteiger partial charge in [0.1, 0.15) is 0 Å². The summed E-state index contributed by atoms with van der Waals surface area (Å²) in [5, 5.41) is 4.41. The van der Waals surface area contributed by atoms with Crippen LogP contribution in [0.1, 0.15) is 29.9 Å². The highest BCUT2D eigenvalue weighted by Gasteiger charge is 2.33. The van der Waals surface area contributed by atoms with E-state index in [2.05, 4.69) is 53.7 Å². The molecule has 3 heteroatoms. The Balaban J connectivity index is 1.80. The summed E-state index contributed by atoms with van der Waals surface area (Å²) in [4.78, 5) is 2.43. The Kier molecular flexibility index (Phi) is 3.59. The summed E-state index contributed by atoms with van der Waals surface area (Å²) < 4.78 is 0. The van der Waals surface area contributed by atoms with E-state index < -0.39 is 0 Å². The van der Waals surface area contributed by atoms with E-state index in [9.17, 15) is 0 Å². The molecule has 1 N–H and O–H groups in total. The first-order chi connectivity index (χ1) is 10.7. The normalized spacial score (nSPS) is 21.8. The molecule has 1 saturated heterocycles. The van der Waals surface area contributed by atoms with Crippen molar-refractivity contribution in [1.29, 1.82) is 0 Å². The number of rotatable bonds is 1. The lowest BCUT2D eigenvalue weighted by Crippen LogP contribution is -2.34. The number of hydrogen-bond acceptors (Lipinski definition) is 2. The summed E-state index contributed by atoms with van der Waals surface area (Å²) in [6, 6.07) is 15.0. The summed E-state index contributed by atoms with van der Waals surface area (Å²) in [5.41, 5.74) is 5.25. The van der Waals surface area contributed by atoms with E-state index in [0.717, 1.165) is 5.02 Å². The van der Waals surface area contributed by atoms with Crippen LogP contribution in [0.5, 0.6) is 0 Å². The highest BCUT2D eigenvalue weighted by atomic mass is 35.5. The fourth-order valence-corrected chi connectivity index (χ4v) is 4.15. The van der Waals surface area contributed by atoms with E-state index in [4.69, 9.17) is 11.6 Å². The van der Waals surface area contributed by atoms with Gasteiger partial charge in [-0.1, -0.05) is 29.8 Å². The zero-order valence-electron chi connectivity index (χ0n) is 12.8. The second-order valence-electron chi connectivity index (χ2n) is 6.56. The molecule has 2 heterocycles. The fourth-order valence-electron chi connectivity index (χ4n) is 3.97. The summed E-state index contributed by atoms with van der Waals surface area (Å²) in [5.74, 6) is 1.15. The Labute approximate surface area is 137 Å². The number of benzene rings is 2. The van der Waals surface area contributed by atoms with E-state index in [1.54, 1.807) is 0 Å². The van der Waals surface area contributed by atoms with Crippen LogP contribution in [0.4, 0.5) is 11.4 Å². The molecular formula is C19H21ClN2. The SMILES string of the molecule is CN1CCC([C@@H]2c3ccccc3Nc3ccc(Cl)cc32)CC1. The largest absolute Gasteiger partial charge is 0.355 e. The second-order valence-corrected chi connectivity index (χ2v) is 7.00. The average Bonchev–Trinajstić information content (AvgIpc) is 2.54. The number of nitrogens with zero attached hydrogens (tertiary/aromatic N) is 1. The van der Waals surface area contributed by atoms with Gasteiger partial charge in [0.2, 0.25) is 0 Å². The highest BCUT2D eigenvalue weighted by Crippen LogP contribution is 2.48. The summed E-state index contributed by atoms with van der Waals surface area (Å²) in [6.07, 6.45) is 2.50. The maximum atomic E-state index is 6.30. The van der Waals surface area contributed by atoms with E-state index in [-0.39, 0.29) is 0 Å². The van der Waals surface area contributed by atoms with Gasteiger partial charge in [0.25, 0.3) is 0 Å². The first-order valence-corrected chi connectivity index (χ1v) is 8.44. The molecule has 1 atom stereocenters. The van der Waals surface area contributed by atoms with Crippen molar-refractivity contribution in [2.45, 2.75) is 18.8 Å². The number of para-hydroxylation sites is 1. The first-order valence-electron chi connectivity index (χ1n) is 8.06. The number of likely N-dealkylation sites (tertiary alicyclic amines) is 1. The highest BCUT2D eigenvalue weighted by molar-refractivity contribution is 6.30. The molecule has 0 aromatic heterocycles. The van der Waals surface area contributed by atoms with Gasteiger partial charge < -0.3 is 10.2 Å². The van der Waals surface area contributed by atoms with Crippen molar-refractivity contribution in [3.8, 4) is 0 Å². The maximum Gasteiger partial charge on any atom is 0.0424 e. The molecule has 22 heavy (non-hydrogen) atoms. The van der Waals surface area contributed by atoms with Crippen LogP contribution in [0.25, 0.3) is 0 Å². The number of halogens is 1. The topological polar surface area (TPSA) is 15.3 Å². The molecule has 0 radical (unpaired) electrons. The van der Waals surface area contributed by atoms with Crippen LogP contribution in [-0.2, 0) is 0 Å². The molecule has 2 nitrogen and oxygen atoms in total. The van der Waals surface area contributed by atoms with Gasteiger partial charge >= 0.3 is 0 Å². The third kappa shape index (κ3) is 2.41. The van der Waals surface area contributed by atoms with Gasteiger partial charge in [0.05, 0.1) is 0 Å². The van der Waals surface area contributed by atoms with Crippen molar-refractivity contribution < 1.29 is 0 Å². The summed E-state index contributed by atoms with van der Waals surface area (Å²) in [6.45, 7) is 2.37. The Morgan fingerprint density at radius 2 is 1.73 bits per heavy atom. The molecule has 1 fully saturated rings. The third-order valence-corrected chi connectivity index (χ3v) is 5.38. The number of anilines is 2. The van der Waals surface area contributed by atoms with Crippen molar-refractivity contribution in [3.63, 3.8) is 0 Å². The van der Waals surface area contributed by atoms with Crippen molar-refractivity contribution in [3.05, 3.63) is 58.6 Å². The second kappa shape index (κ2) is 5.60. The lowest BCUT2D eigenvalue weighted by atomic mass is 9.73. The number of hydrogen-bond donors (Lipinski definition) is 1. The van der Waals surface area contributed by atoms with Crippen LogP contribution in [-0.4, -0.2) is 25.0 Å². The van der Waals surface area contributed by atoms with Crippen molar-refractivity contribution in [1.82, 2.24) is 4.90 Å². The van der Waals surface area contributed by atoms with Crippen molar-refractivity contribution in [2.75, 3.05) is 25.5 Å². The van der Waals surface area contributed by atoms with Gasteiger partial charge in [-0.15, -0.1) is 0 Å². The fraction of sp³-hybridized carbons (Fsp3) is 0.368. The lowest BCUT2D eigenvalue weighted by Gasteiger charge is -2.38. The zero-order chi connectivity index (χ0) is 15.1. The molecular weight excluding hydrogens is 292 g/mol. The van der Waals surface area contributed by atoms with E-state index >= 15 is 0 Å². The molecule has 0 aliphatic carbocycles. The minimum absolute atomic E-state index is 0.458. The van der Waals surface area contributed by atoms with Crippen LogP contribution in [0.2, 0.25) is 5.02 Å². The number of piperidine rings is 1. The van der Waals surface area contributed by atoms with E-state index in [1.165, 1.54) is 48.4 Å². The van der Waals surface area contributed by atoms with Gasteiger partial charge in [-0.25, -0.2) is 0 Å². The standard InChI is InChI=1S/C19H21ClN2/c1-22-10-8-13(9-11-22)19-15-4-2-3-5-17(15)21-18-7-6-14(20)12-16(18)19/h2-7,12-13,19,21H,8-11H2,1H3/t19-/m1/s1. The molecule has 0 amide bonds. The lowest BCUT2D eigenvalue weighted by molar-refractivity contribution is 0.207. The molecule has 114 valence electrons. The molecule has 2 aliphatic rings. The molecule has 4 rings (SSSR count). The number of fused-ring (bicyclic) bond motifs is 2. The quantitative estimate of drug-likeness (QED) is 0.808. The molecule has 0 spiro atoms. The summed E-state index contributed by atoms with van der Waals surface area (Å²) >= 11 is 6.30. The van der Waals surface area contributed by atoms with Crippen LogP contribution >= 0.6 is 11.6 Å². The van der Waals surface area contributed by atoms with Crippen molar-refractivity contribution >= 4 is 23.0 Å². The Hall–Kier alpha value is -1.51. The Morgan fingerprint density at radius 3 is 2.55 bits per heavy atom. The molecule has 2 aromatic rings. The minimum Gasteiger partial charge on any atom is -0.355 e. The molecule has 0 bridgehead atoms. The monoisotopic (exact) mass is 312 g/mol. The Bertz CT molecular complexity index is 690. The summed E-state index contributed by atoms with van der Waals surface area (Å²) in [7, 11) is 2.22. The van der Waals surface area contributed by atoms with E-state index in [0.29, 0.717) is 11.8 Å². The minimum atomic E-state index is 0.458. The van der Waals surface area contributed by atoms with Crippen LogP contribution in [0.15, 0.2) is 42.5 Å². The predicted molar refractivity (Wildman–Crippen MR) is 93.2 cm³/mol. The number of nitrogens with one attached hydrogen (secondary N) is 1. The van der Waals surface area contributed by atoms with Crippen molar-refractivity contribution in [2.24, 2.45) is 5.92 Å². The van der Waals surface area contributed by atoms with Crippen LogP contribution in [0, 0.1) is 5.92 Å². The zero-order valence-corrected chi connectivity index (χ0v) is 13.6.